The number of aryl methyl sites for hydroxylation is 1. The molecule has 1 atom stereocenters. The van der Waals surface area contributed by atoms with Crippen LogP contribution in [0, 0.1) is 0 Å². The fraction of sp³-hybridized carbons (Fsp3) is 0.647. The van der Waals surface area contributed by atoms with Crippen molar-refractivity contribution in [3.8, 4) is 0 Å². The van der Waals surface area contributed by atoms with Gasteiger partial charge in [0.25, 0.3) is 0 Å². The molecule has 0 saturated carbocycles. The number of rotatable bonds is 3. The third-order valence-electron chi connectivity index (χ3n) is 4.66. The Balaban J connectivity index is 1.80. The molecule has 2 nitrogen and oxygen atoms in total. The number of anilines is 1. The van der Waals surface area contributed by atoms with Crippen LogP contribution >= 0.6 is 0 Å². The molecular weight excluding hydrogens is 232 g/mol. The van der Waals surface area contributed by atoms with Crippen molar-refractivity contribution in [1.82, 2.24) is 4.90 Å². The lowest BCUT2D eigenvalue weighted by molar-refractivity contribution is 0.273. The Kier molecular flexibility index (Phi) is 4.07. The van der Waals surface area contributed by atoms with E-state index in [9.17, 15) is 0 Å². The molecule has 1 aromatic carbocycles. The maximum Gasteiger partial charge on any atom is 0.0399 e. The maximum absolute atomic E-state index is 2.71. The highest BCUT2D eigenvalue weighted by Gasteiger charge is 2.29. The zero-order valence-electron chi connectivity index (χ0n) is 12.1. The van der Waals surface area contributed by atoms with Crippen molar-refractivity contribution in [1.29, 1.82) is 0 Å². The summed E-state index contributed by atoms with van der Waals surface area (Å²) in [5, 5.41) is 0. The molecule has 104 valence electrons. The summed E-state index contributed by atoms with van der Waals surface area (Å²) in [5.41, 5.74) is 3.04. The Labute approximate surface area is 117 Å². The van der Waals surface area contributed by atoms with Crippen LogP contribution in [0.2, 0.25) is 0 Å². The average molecular weight is 258 g/mol. The zero-order valence-corrected chi connectivity index (χ0v) is 12.1. The first kappa shape index (κ1) is 13.0. The summed E-state index contributed by atoms with van der Waals surface area (Å²) in [4.78, 5) is 5.36. The first-order valence-electron chi connectivity index (χ1n) is 7.95. The van der Waals surface area contributed by atoms with Gasteiger partial charge in [-0.1, -0.05) is 31.5 Å². The van der Waals surface area contributed by atoms with Crippen molar-refractivity contribution in [2.75, 3.05) is 31.1 Å². The second-order valence-electron chi connectivity index (χ2n) is 6.01. The number of benzene rings is 1. The van der Waals surface area contributed by atoms with E-state index in [4.69, 9.17) is 0 Å². The largest absolute Gasteiger partial charge is 0.370 e. The van der Waals surface area contributed by atoms with Gasteiger partial charge < -0.3 is 4.90 Å². The van der Waals surface area contributed by atoms with E-state index >= 15 is 0 Å². The summed E-state index contributed by atoms with van der Waals surface area (Å²) < 4.78 is 0. The molecule has 0 N–H and O–H groups in total. The standard InChI is InChI=1S/C17H26N2/c1-2-7-15-8-3-4-10-17(15)19-13-6-12-18-11-5-9-16(18)14-19/h3-4,8,10,16H,2,5-7,9,11-14H2,1H3. The maximum atomic E-state index is 2.71. The van der Waals surface area contributed by atoms with Crippen molar-refractivity contribution in [3.05, 3.63) is 29.8 Å². The van der Waals surface area contributed by atoms with E-state index < -0.39 is 0 Å². The van der Waals surface area contributed by atoms with Crippen LogP contribution in [0.3, 0.4) is 0 Å². The Bertz CT molecular complexity index is 415. The molecule has 0 amide bonds. The molecule has 19 heavy (non-hydrogen) atoms. The molecule has 2 fully saturated rings. The van der Waals surface area contributed by atoms with Crippen LogP contribution in [-0.2, 0) is 6.42 Å². The molecule has 2 heteroatoms. The summed E-state index contributed by atoms with van der Waals surface area (Å²) >= 11 is 0. The molecular formula is C17H26N2. The van der Waals surface area contributed by atoms with Crippen LogP contribution in [0.4, 0.5) is 5.69 Å². The molecule has 1 unspecified atom stereocenters. The average Bonchev–Trinajstić information content (AvgIpc) is 2.77. The lowest BCUT2D eigenvalue weighted by Crippen LogP contribution is -2.36. The lowest BCUT2D eigenvalue weighted by atomic mass is 10.1. The molecule has 2 aliphatic rings. The molecule has 0 aromatic heterocycles. The highest BCUT2D eigenvalue weighted by atomic mass is 15.3. The minimum absolute atomic E-state index is 0.803. The SMILES string of the molecule is CCCc1ccccc1N1CCCN2CCCC2C1. The molecule has 0 radical (unpaired) electrons. The van der Waals surface area contributed by atoms with Crippen LogP contribution in [0.5, 0.6) is 0 Å². The first-order valence-corrected chi connectivity index (χ1v) is 7.95. The van der Waals surface area contributed by atoms with Gasteiger partial charge in [0.15, 0.2) is 0 Å². The molecule has 2 saturated heterocycles. The predicted octanol–water partition coefficient (Wildman–Crippen LogP) is 3.31. The van der Waals surface area contributed by atoms with Gasteiger partial charge in [0, 0.05) is 31.4 Å². The normalized spacial score (nSPS) is 24.3. The molecule has 0 bridgehead atoms. The smallest absolute Gasteiger partial charge is 0.0399 e. The Morgan fingerprint density at radius 1 is 1.11 bits per heavy atom. The first-order chi connectivity index (χ1) is 9.38. The number of hydrogen-bond donors (Lipinski definition) is 0. The predicted molar refractivity (Wildman–Crippen MR) is 81.9 cm³/mol. The highest BCUT2D eigenvalue weighted by Crippen LogP contribution is 2.27. The van der Waals surface area contributed by atoms with Gasteiger partial charge in [-0.2, -0.15) is 0 Å². The van der Waals surface area contributed by atoms with Gasteiger partial charge >= 0.3 is 0 Å². The quantitative estimate of drug-likeness (QED) is 0.820. The summed E-state index contributed by atoms with van der Waals surface area (Å²) in [6.07, 6.45) is 6.56. The second kappa shape index (κ2) is 5.96. The van der Waals surface area contributed by atoms with Crippen molar-refractivity contribution in [2.24, 2.45) is 0 Å². The minimum atomic E-state index is 0.803. The third-order valence-corrected chi connectivity index (χ3v) is 4.66. The third kappa shape index (κ3) is 2.79. The minimum Gasteiger partial charge on any atom is -0.370 e. The lowest BCUT2D eigenvalue weighted by Gasteiger charge is -2.29. The number of para-hydroxylation sites is 1. The van der Waals surface area contributed by atoms with E-state index in [-0.39, 0.29) is 0 Å². The van der Waals surface area contributed by atoms with Crippen LogP contribution in [0.15, 0.2) is 24.3 Å². The van der Waals surface area contributed by atoms with E-state index in [2.05, 4.69) is 41.0 Å². The van der Waals surface area contributed by atoms with Crippen LogP contribution in [-0.4, -0.2) is 37.1 Å². The van der Waals surface area contributed by atoms with Crippen LogP contribution < -0.4 is 4.90 Å². The summed E-state index contributed by atoms with van der Waals surface area (Å²) in [6.45, 7) is 7.37. The van der Waals surface area contributed by atoms with Crippen molar-refractivity contribution >= 4 is 5.69 Å². The van der Waals surface area contributed by atoms with Gasteiger partial charge in [-0.05, 0) is 43.9 Å². The van der Waals surface area contributed by atoms with Crippen LogP contribution in [0.25, 0.3) is 0 Å². The van der Waals surface area contributed by atoms with Crippen molar-refractivity contribution in [2.45, 2.75) is 45.1 Å². The molecule has 0 spiro atoms. The van der Waals surface area contributed by atoms with E-state index in [0.717, 1.165) is 6.04 Å². The molecule has 1 aromatic rings. The van der Waals surface area contributed by atoms with E-state index in [1.165, 1.54) is 69.5 Å². The zero-order chi connectivity index (χ0) is 13.1. The van der Waals surface area contributed by atoms with E-state index in [0.29, 0.717) is 0 Å². The van der Waals surface area contributed by atoms with Gasteiger partial charge in [0.05, 0.1) is 0 Å². The number of hydrogen-bond acceptors (Lipinski definition) is 2. The van der Waals surface area contributed by atoms with Crippen molar-refractivity contribution < 1.29 is 0 Å². The number of nitrogens with zero attached hydrogens (tertiary/aromatic N) is 2. The molecule has 0 aliphatic carbocycles. The van der Waals surface area contributed by atoms with E-state index in [1.54, 1.807) is 0 Å². The highest BCUT2D eigenvalue weighted by molar-refractivity contribution is 5.54. The number of fused-ring (bicyclic) bond motifs is 1. The summed E-state index contributed by atoms with van der Waals surface area (Å²) in [7, 11) is 0. The van der Waals surface area contributed by atoms with Gasteiger partial charge in [0.1, 0.15) is 0 Å². The van der Waals surface area contributed by atoms with Gasteiger partial charge in [0.2, 0.25) is 0 Å². The summed E-state index contributed by atoms with van der Waals surface area (Å²) in [6, 6.07) is 9.84. The van der Waals surface area contributed by atoms with Gasteiger partial charge in [-0.3, -0.25) is 4.90 Å². The van der Waals surface area contributed by atoms with Gasteiger partial charge in [-0.25, -0.2) is 0 Å². The summed E-state index contributed by atoms with van der Waals surface area (Å²) in [5.74, 6) is 0. The Morgan fingerprint density at radius 2 is 1.95 bits per heavy atom. The molecule has 2 aliphatic heterocycles. The van der Waals surface area contributed by atoms with Crippen molar-refractivity contribution in [3.63, 3.8) is 0 Å². The monoisotopic (exact) mass is 258 g/mol. The fourth-order valence-corrected chi connectivity index (χ4v) is 3.73. The topological polar surface area (TPSA) is 6.48 Å². The molecule has 2 heterocycles. The second-order valence-corrected chi connectivity index (χ2v) is 6.01. The Morgan fingerprint density at radius 3 is 2.84 bits per heavy atom. The molecule has 3 rings (SSSR count). The van der Waals surface area contributed by atoms with E-state index in [1.807, 2.05) is 0 Å². The Hall–Kier alpha value is -1.02. The fourth-order valence-electron chi connectivity index (χ4n) is 3.73. The van der Waals surface area contributed by atoms with Crippen LogP contribution in [0.1, 0.15) is 38.2 Å². The van der Waals surface area contributed by atoms with Gasteiger partial charge in [-0.15, -0.1) is 0 Å².